The second-order valence-corrected chi connectivity index (χ2v) is 10.7. The number of methoxy groups -OCH3 is 3. The summed E-state index contributed by atoms with van der Waals surface area (Å²) in [6, 6.07) is 8.72. The first-order chi connectivity index (χ1) is 25.9. The molecule has 0 unspecified atom stereocenters. The number of fused-ring (bicyclic) bond motifs is 2. The average molecular weight is 840 g/mol. The lowest BCUT2D eigenvalue weighted by atomic mass is 10.1. The van der Waals surface area contributed by atoms with E-state index in [2.05, 4.69) is 24.2 Å². The highest BCUT2D eigenvalue weighted by molar-refractivity contribution is 7.71. The highest BCUT2D eigenvalue weighted by Crippen LogP contribution is 2.29. The van der Waals surface area contributed by atoms with Crippen LogP contribution in [-0.2, 0) is 14.2 Å². The molecular weight excluding hydrogens is 811 g/mol. The zero-order valence-electron chi connectivity index (χ0n) is 28.6. The van der Waals surface area contributed by atoms with Gasteiger partial charge in [0.2, 0.25) is 0 Å². The van der Waals surface area contributed by atoms with Crippen molar-refractivity contribution in [2.45, 2.75) is 7.43 Å². The van der Waals surface area contributed by atoms with Gasteiger partial charge in [0.25, 0.3) is 10.2 Å². The molecule has 0 aliphatic rings. The maximum Gasteiger partial charge on any atom is 0.340 e. The molecule has 2 heterocycles. The lowest BCUT2D eigenvalue weighted by Gasteiger charge is -2.05. The van der Waals surface area contributed by atoms with Crippen LogP contribution >= 0.6 is 23.8 Å². The largest absolute Gasteiger partial charge is 0.503 e. The highest BCUT2D eigenvalue weighted by Gasteiger charge is 2.19. The number of oxazole rings is 2. The number of aromatic carboxylic acids is 1. The van der Waals surface area contributed by atoms with Gasteiger partial charge >= 0.3 is 23.9 Å². The topological polar surface area (TPSA) is 264 Å². The first kappa shape index (κ1) is 48.2. The second-order valence-electron chi connectivity index (χ2n) is 10.0. The first-order valence-corrected chi connectivity index (χ1v) is 15.2. The van der Waals surface area contributed by atoms with E-state index in [0.717, 1.165) is 36.4 Å². The molecule has 0 amide bonds. The lowest BCUT2D eigenvalue weighted by Crippen LogP contribution is -2.06. The maximum atomic E-state index is 13.2. The van der Waals surface area contributed by atoms with Gasteiger partial charge in [0, 0.05) is 8.41 Å². The fourth-order valence-corrected chi connectivity index (χ4v) is 4.49. The van der Waals surface area contributed by atoms with Crippen molar-refractivity contribution in [1.29, 1.82) is 0 Å². The Labute approximate surface area is 330 Å². The molecule has 0 spiro atoms. The summed E-state index contributed by atoms with van der Waals surface area (Å²) in [6.45, 7) is 0. The summed E-state index contributed by atoms with van der Waals surface area (Å²) >= 11 is 10.2. The Morgan fingerprint density at radius 3 is 1.61 bits per heavy atom. The number of phenols is 2. The van der Waals surface area contributed by atoms with Gasteiger partial charge in [-0.15, -0.1) is 0 Å². The number of carbonyl (C=O) groups excluding carboxylic acids is 3. The molecule has 0 aliphatic heterocycles. The number of carboxylic acids is 1. The predicted molar refractivity (Wildman–Crippen MR) is 199 cm³/mol. The molecule has 0 fully saturated rings. The predicted octanol–water partition coefficient (Wildman–Crippen LogP) is 6.79. The number of aromatic nitrogens is 2. The molecule has 4 aromatic carbocycles. The van der Waals surface area contributed by atoms with Gasteiger partial charge in [-0.05, 0) is 72.3 Å². The van der Waals surface area contributed by atoms with Gasteiger partial charge in [0.05, 0.1) is 55.0 Å². The van der Waals surface area contributed by atoms with Crippen molar-refractivity contribution in [2.24, 2.45) is 0 Å². The molecule has 0 bridgehead atoms. The summed E-state index contributed by atoms with van der Waals surface area (Å²) in [5, 5.41) is 26.1. The number of esters is 3. The van der Waals surface area contributed by atoms with Gasteiger partial charge in [-0.1, -0.05) is 7.43 Å². The van der Waals surface area contributed by atoms with E-state index in [1.165, 1.54) is 33.5 Å². The van der Waals surface area contributed by atoms with Crippen molar-refractivity contribution in [3.05, 3.63) is 104 Å². The molecule has 0 saturated carbocycles. The third kappa shape index (κ3) is 11.1. The van der Waals surface area contributed by atoms with Crippen LogP contribution in [0.4, 0.5) is 28.9 Å². The summed E-state index contributed by atoms with van der Waals surface area (Å²) < 4.78 is 74.7. The van der Waals surface area contributed by atoms with Crippen molar-refractivity contribution in [3.8, 4) is 11.5 Å². The van der Waals surface area contributed by atoms with Gasteiger partial charge < -0.3 is 54.8 Å². The van der Waals surface area contributed by atoms with Crippen LogP contribution in [0.3, 0.4) is 0 Å². The smallest absolute Gasteiger partial charge is 0.340 e. The minimum absolute atomic E-state index is 0. The molecule has 57 heavy (non-hydrogen) atoms. The van der Waals surface area contributed by atoms with Crippen molar-refractivity contribution in [2.75, 3.05) is 32.8 Å². The number of aromatic hydroxyl groups is 2. The average Bonchev–Trinajstić information content (AvgIpc) is 3.76. The first-order valence-electron chi connectivity index (χ1n) is 14.5. The maximum absolute atomic E-state index is 13.2. The number of aromatic amines is 1. The molecule has 2 aromatic heterocycles. The molecule has 6 aromatic rings. The number of halogens is 5. The standard InChI is InChI=1S/C9H5ClFNO3.C9H6FNO3S.C8H8FNO3.C7H6FNO3.CH4.B/c1-14-8(13)4-2-3-5(11)7-6(4)12-9(10)15-7;1-13-8(12)4-2-3-5(10)7-6(4)11-9(15)14-7;1-13-8(12)4-2-3-5(9)7(11)6(4)10;8-4-2-1-3(7(11)12)5(9)6(4)10;;/h2-3H,1H3;2-3H,1H3,(H,11,15);2-3,11H,10H2,1H3;1-2,10H,9H2,(H,11,12);1H4;. The third-order valence-electron chi connectivity index (χ3n) is 6.78. The molecule has 8 N–H and O–H groups in total. The summed E-state index contributed by atoms with van der Waals surface area (Å²) in [5.41, 5.74) is 9.61. The van der Waals surface area contributed by atoms with Crippen molar-refractivity contribution in [3.63, 3.8) is 0 Å². The molecule has 0 aliphatic carbocycles. The van der Waals surface area contributed by atoms with E-state index >= 15 is 0 Å². The number of hydrogen-bond donors (Lipinski definition) is 6. The quantitative estimate of drug-likeness (QED) is 0.0203. The van der Waals surface area contributed by atoms with E-state index in [0.29, 0.717) is 0 Å². The van der Waals surface area contributed by atoms with Crippen LogP contribution in [0.5, 0.6) is 11.5 Å². The Morgan fingerprint density at radius 1 is 0.702 bits per heavy atom. The Morgan fingerprint density at radius 2 is 1.11 bits per heavy atom. The number of nitrogens with zero attached hydrogens (tertiary/aromatic N) is 1. The van der Waals surface area contributed by atoms with Crippen LogP contribution in [-0.4, -0.2) is 78.9 Å². The normalized spacial score (nSPS) is 9.82. The zero-order chi connectivity index (χ0) is 41.3. The van der Waals surface area contributed by atoms with E-state index in [-0.39, 0.29) is 76.2 Å². The number of hydrogen-bond acceptors (Lipinski definition) is 15. The number of rotatable bonds is 4. The summed E-state index contributed by atoms with van der Waals surface area (Å²) in [4.78, 5) is 50.2. The number of H-pyrrole nitrogens is 1. The van der Waals surface area contributed by atoms with E-state index in [1.54, 1.807) is 0 Å². The number of carboxylic acid groups (broad SMARTS) is 1. The van der Waals surface area contributed by atoms with Crippen molar-refractivity contribution in [1.82, 2.24) is 9.97 Å². The van der Waals surface area contributed by atoms with Gasteiger partial charge in [0.15, 0.2) is 45.9 Å². The van der Waals surface area contributed by atoms with Crippen LogP contribution in [0.15, 0.2) is 57.4 Å². The fourth-order valence-electron chi connectivity index (χ4n) is 4.14. The van der Waals surface area contributed by atoms with E-state index in [9.17, 15) is 36.7 Å². The monoisotopic (exact) mass is 839 g/mol. The Hall–Kier alpha value is -6.81. The van der Waals surface area contributed by atoms with Crippen LogP contribution in [0.1, 0.15) is 48.9 Å². The number of nitrogens with two attached hydrogens (primary N) is 2. The van der Waals surface area contributed by atoms with Gasteiger partial charge in [0.1, 0.15) is 11.0 Å². The molecule has 0 saturated heterocycles. The summed E-state index contributed by atoms with van der Waals surface area (Å²) in [5.74, 6) is -7.78. The fraction of sp³-hybridized carbons (Fsp3) is 0.118. The van der Waals surface area contributed by atoms with Crippen LogP contribution < -0.4 is 11.5 Å². The molecule has 3 radical (unpaired) electrons. The van der Waals surface area contributed by atoms with Crippen LogP contribution in [0.2, 0.25) is 5.35 Å². The number of nitrogen functional groups attached to an aromatic ring is 2. The number of carbonyl (C=O) groups is 4. The van der Waals surface area contributed by atoms with Gasteiger partial charge in [-0.3, -0.25) is 0 Å². The molecule has 301 valence electrons. The molecular formula is C34H29BClF4N4O12S. The Bertz CT molecular complexity index is 2500. The number of phenolic OH excluding ortho intramolecular Hbond substituents is 2. The summed E-state index contributed by atoms with van der Waals surface area (Å²) in [6.07, 6.45) is 0. The second kappa shape index (κ2) is 20.8. The Balaban J connectivity index is 0.000000377. The van der Waals surface area contributed by atoms with E-state index in [4.69, 9.17) is 59.4 Å². The molecule has 23 heteroatoms. The molecule has 6 rings (SSSR count). The highest BCUT2D eigenvalue weighted by atomic mass is 35.5. The van der Waals surface area contributed by atoms with Gasteiger partial charge in [-0.2, -0.15) is 4.98 Å². The number of nitrogens with one attached hydrogen (secondary N) is 1. The zero-order valence-corrected chi connectivity index (χ0v) is 30.2. The number of benzene rings is 4. The van der Waals surface area contributed by atoms with Crippen molar-refractivity contribution >= 4 is 89.7 Å². The van der Waals surface area contributed by atoms with Crippen LogP contribution in [0.25, 0.3) is 22.2 Å². The number of anilines is 2. The minimum atomic E-state index is -1.30. The third-order valence-corrected chi connectivity index (χ3v) is 7.13. The van der Waals surface area contributed by atoms with Crippen LogP contribution in [0, 0.1) is 28.1 Å². The van der Waals surface area contributed by atoms with Gasteiger partial charge in [-0.25, -0.2) is 36.7 Å². The van der Waals surface area contributed by atoms with Crippen molar-refractivity contribution < 1.29 is 75.1 Å². The number of ether oxygens (including phenoxy) is 3. The van der Waals surface area contributed by atoms with E-state index < -0.39 is 64.3 Å². The lowest BCUT2D eigenvalue weighted by molar-refractivity contribution is 0.0593. The molecule has 0 atom stereocenters. The molecule has 16 nitrogen and oxygen atoms in total. The SMILES string of the molecule is C.COC(=O)c1ccc(F)c(O)c1N.COC(=O)c1ccc(F)c2oc(=S)[nH]c12.COC(=O)c1ccc(F)c2oc(Cl)nc12.Nc1c(C(=O)O)ccc(F)c1O.[B]. The summed E-state index contributed by atoms with van der Waals surface area (Å²) in [7, 11) is 3.63. The van der Waals surface area contributed by atoms with E-state index in [1.807, 2.05) is 0 Å². The minimum Gasteiger partial charge on any atom is -0.503 e. The Kier molecular flexibility index (Phi) is 17.6.